The normalized spacial score (nSPS) is 14.6. The SMILES string of the molecule is CCOC(=O)C1=C(C)N=c2s/c(=C\c3ccccc3OCc3ccccc3C#N)c(=O)n2[C@@H]1c1ccccc1OC(C)C. The van der Waals surface area contributed by atoms with E-state index in [-0.39, 0.29) is 24.9 Å². The number of carbonyl (C=O) groups is 1. The minimum absolute atomic E-state index is 0.121. The number of rotatable bonds is 9. The van der Waals surface area contributed by atoms with Crippen LogP contribution in [0.15, 0.2) is 93.9 Å². The molecule has 0 bridgehead atoms. The second kappa shape index (κ2) is 12.9. The molecule has 0 saturated heterocycles. The molecule has 1 aromatic heterocycles. The number of thiazole rings is 1. The lowest BCUT2D eigenvalue weighted by molar-refractivity contribution is -0.139. The number of fused-ring (bicyclic) bond motifs is 1. The first-order chi connectivity index (χ1) is 20.8. The van der Waals surface area contributed by atoms with Gasteiger partial charge in [-0.3, -0.25) is 9.36 Å². The molecule has 43 heavy (non-hydrogen) atoms. The van der Waals surface area contributed by atoms with E-state index in [1.165, 1.54) is 11.3 Å². The molecule has 0 fully saturated rings. The van der Waals surface area contributed by atoms with Gasteiger partial charge in [-0.1, -0.05) is 65.9 Å². The van der Waals surface area contributed by atoms with Gasteiger partial charge in [-0.15, -0.1) is 0 Å². The van der Waals surface area contributed by atoms with Crippen LogP contribution in [0.4, 0.5) is 0 Å². The molecule has 9 heteroatoms. The van der Waals surface area contributed by atoms with E-state index in [1.54, 1.807) is 30.6 Å². The predicted octanol–water partition coefficient (Wildman–Crippen LogP) is 5.04. The number of benzene rings is 3. The summed E-state index contributed by atoms with van der Waals surface area (Å²) in [6, 6.07) is 23.5. The molecule has 0 spiro atoms. The van der Waals surface area contributed by atoms with Crippen LogP contribution in [0, 0.1) is 11.3 Å². The van der Waals surface area contributed by atoms with Crippen LogP contribution in [0.2, 0.25) is 0 Å². The maximum absolute atomic E-state index is 14.1. The highest BCUT2D eigenvalue weighted by atomic mass is 32.1. The number of ether oxygens (including phenoxy) is 3. The van der Waals surface area contributed by atoms with E-state index >= 15 is 0 Å². The van der Waals surface area contributed by atoms with Gasteiger partial charge in [0, 0.05) is 16.7 Å². The molecule has 3 aromatic carbocycles. The van der Waals surface area contributed by atoms with Crippen molar-refractivity contribution < 1.29 is 19.0 Å². The van der Waals surface area contributed by atoms with Gasteiger partial charge in [0.25, 0.3) is 5.56 Å². The van der Waals surface area contributed by atoms with Crippen LogP contribution < -0.4 is 24.4 Å². The summed E-state index contributed by atoms with van der Waals surface area (Å²) in [5.41, 5.74) is 3.15. The lowest BCUT2D eigenvalue weighted by Gasteiger charge is -2.26. The Balaban J connectivity index is 1.63. The highest BCUT2D eigenvalue weighted by molar-refractivity contribution is 7.07. The molecule has 0 amide bonds. The van der Waals surface area contributed by atoms with E-state index in [4.69, 9.17) is 14.2 Å². The Morgan fingerprint density at radius 1 is 1.07 bits per heavy atom. The summed E-state index contributed by atoms with van der Waals surface area (Å²) in [4.78, 5) is 32.6. The van der Waals surface area contributed by atoms with Crippen molar-refractivity contribution in [3.63, 3.8) is 0 Å². The van der Waals surface area contributed by atoms with Crippen molar-refractivity contribution in [3.8, 4) is 17.6 Å². The first kappa shape index (κ1) is 29.5. The molecule has 8 nitrogen and oxygen atoms in total. The zero-order valence-corrected chi connectivity index (χ0v) is 25.2. The summed E-state index contributed by atoms with van der Waals surface area (Å²) >= 11 is 1.24. The van der Waals surface area contributed by atoms with E-state index in [0.717, 1.165) is 5.56 Å². The van der Waals surface area contributed by atoms with Crippen LogP contribution in [-0.2, 0) is 16.1 Å². The number of nitrogens with zero attached hydrogens (tertiary/aromatic N) is 3. The minimum Gasteiger partial charge on any atom is -0.491 e. The molecule has 2 heterocycles. The smallest absolute Gasteiger partial charge is 0.338 e. The average Bonchev–Trinajstić information content (AvgIpc) is 3.30. The predicted molar refractivity (Wildman–Crippen MR) is 165 cm³/mol. The van der Waals surface area contributed by atoms with E-state index in [9.17, 15) is 14.9 Å². The number of para-hydroxylation sites is 2. The maximum atomic E-state index is 14.1. The third-order valence-electron chi connectivity index (χ3n) is 6.82. The van der Waals surface area contributed by atoms with Crippen molar-refractivity contribution in [2.75, 3.05) is 6.61 Å². The molecule has 1 aliphatic rings. The lowest BCUT2D eigenvalue weighted by atomic mass is 9.95. The molecule has 218 valence electrons. The lowest BCUT2D eigenvalue weighted by Crippen LogP contribution is -2.40. The zero-order valence-electron chi connectivity index (χ0n) is 24.4. The standard InChI is InChI=1S/C34H31N3O5S/c1-5-40-33(39)30-22(4)36-34-37(31(30)26-15-9-11-17-28(26)42-21(2)3)32(38)29(43-34)18-23-12-8-10-16-27(23)41-20-25-14-7-6-13-24(25)19-35/h6-18,21,31H,5,20H2,1-4H3/b29-18-/t31-/m1/s1. The van der Waals surface area contributed by atoms with Crippen molar-refractivity contribution in [2.24, 2.45) is 4.99 Å². The average molecular weight is 594 g/mol. The molecule has 0 saturated carbocycles. The number of nitriles is 1. The summed E-state index contributed by atoms with van der Waals surface area (Å²) in [5.74, 6) is 0.612. The fourth-order valence-electron chi connectivity index (χ4n) is 4.94. The molecular formula is C34H31N3O5S. The van der Waals surface area contributed by atoms with E-state index in [2.05, 4.69) is 11.1 Å². The Hall–Kier alpha value is -4.94. The third-order valence-corrected chi connectivity index (χ3v) is 7.80. The van der Waals surface area contributed by atoms with Crippen molar-refractivity contribution in [1.29, 1.82) is 5.26 Å². The molecule has 1 aliphatic heterocycles. The summed E-state index contributed by atoms with van der Waals surface area (Å²) in [6.45, 7) is 7.73. The Morgan fingerprint density at radius 2 is 1.77 bits per heavy atom. The van der Waals surface area contributed by atoms with Gasteiger partial charge in [0.05, 0.1) is 40.1 Å². The van der Waals surface area contributed by atoms with Gasteiger partial charge < -0.3 is 14.2 Å². The quantitative estimate of drug-likeness (QED) is 0.252. The highest BCUT2D eigenvalue weighted by Crippen LogP contribution is 2.36. The second-order valence-electron chi connectivity index (χ2n) is 10.1. The van der Waals surface area contributed by atoms with Crippen molar-refractivity contribution in [2.45, 2.75) is 46.4 Å². The minimum atomic E-state index is -0.790. The van der Waals surface area contributed by atoms with E-state index < -0.39 is 12.0 Å². The van der Waals surface area contributed by atoms with Gasteiger partial charge in [-0.25, -0.2) is 9.79 Å². The highest BCUT2D eigenvalue weighted by Gasteiger charge is 2.35. The van der Waals surface area contributed by atoms with Crippen LogP contribution >= 0.6 is 11.3 Å². The molecule has 0 aliphatic carbocycles. The first-order valence-electron chi connectivity index (χ1n) is 14.0. The molecule has 4 aromatic rings. The summed E-state index contributed by atoms with van der Waals surface area (Å²) in [6.07, 6.45) is 1.65. The second-order valence-corrected chi connectivity index (χ2v) is 11.1. The van der Waals surface area contributed by atoms with Crippen molar-refractivity contribution in [1.82, 2.24) is 4.57 Å². The van der Waals surface area contributed by atoms with Gasteiger partial charge in [-0.2, -0.15) is 5.26 Å². The van der Waals surface area contributed by atoms with E-state index in [0.29, 0.717) is 48.8 Å². The van der Waals surface area contributed by atoms with Gasteiger partial charge in [0.1, 0.15) is 24.1 Å². The largest absolute Gasteiger partial charge is 0.491 e. The van der Waals surface area contributed by atoms with Crippen LogP contribution in [0.1, 0.15) is 56.0 Å². The van der Waals surface area contributed by atoms with E-state index in [1.807, 2.05) is 80.6 Å². The maximum Gasteiger partial charge on any atom is 0.338 e. The van der Waals surface area contributed by atoms with Gasteiger partial charge in [0.15, 0.2) is 4.80 Å². The number of allylic oxidation sites excluding steroid dienone is 1. The fourth-order valence-corrected chi connectivity index (χ4v) is 5.97. The van der Waals surface area contributed by atoms with Crippen molar-refractivity contribution >= 4 is 23.4 Å². The van der Waals surface area contributed by atoms with Crippen LogP contribution in [0.25, 0.3) is 6.08 Å². The molecule has 5 rings (SSSR count). The number of hydrogen-bond acceptors (Lipinski definition) is 8. The summed E-state index contributed by atoms with van der Waals surface area (Å²) in [7, 11) is 0. The number of esters is 1. The molecule has 0 unspecified atom stereocenters. The van der Waals surface area contributed by atoms with Gasteiger partial charge in [0.2, 0.25) is 0 Å². The Morgan fingerprint density at radius 3 is 2.51 bits per heavy atom. The van der Waals surface area contributed by atoms with Gasteiger partial charge in [-0.05, 0) is 52.0 Å². The zero-order chi connectivity index (χ0) is 30.5. The van der Waals surface area contributed by atoms with Crippen LogP contribution in [-0.4, -0.2) is 23.2 Å². The Labute approximate surface area is 253 Å². The number of carbonyl (C=O) groups excluding carboxylic acids is 1. The Bertz CT molecular complexity index is 1930. The monoisotopic (exact) mass is 593 g/mol. The summed E-state index contributed by atoms with van der Waals surface area (Å²) in [5, 5.41) is 9.44. The Kier molecular flexibility index (Phi) is 8.88. The number of aromatic nitrogens is 1. The number of hydrogen-bond donors (Lipinski definition) is 0. The van der Waals surface area contributed by atoms with Crippen molar-refractivity contribution in [3.05, 3.63) is 126 Å². The summed E-state index contributed by atoms with van der Waals surface area (Å²) < 4.78 is 19.6. The first-order valence-corrected chi connectivity index (χ1v) is 14.8. The molecular weight excluding hydrogens is 562 g/mol. The molecule has 1 atom stereocenters. The van der Waals surface area contributed by atoms with Gasteiger partial charge >= 0.3 is 5.97 Å². The topological polar surface area (TPSA) is 103 Å². The molecule has 0 radical (unpaired) electrons. The molecule has 0 N–H and O–H groups in total. The fraction of sp³-hybridized carbons (Fsp3) is 0.235. The van der Waals surface area contributed by atoms with Crippen LogP contribution in [0.5, 0.6) is 11.5 Å². The third kappa shape index (κ3) is 6.15. The van der Waals surface area contributed by atoms with Crippen LogP contribution in [0.3, 0.4) is 0 Å².